The standard InChI is InChI=1S/C16H13BrClN3O3/c17-9-3-6-12(22)11(7-9)14-13(18)16(24)21(14)20-15(23)8-1-4-10(19)5-2-8/h1-7,13-14,22H,19H2,(H,20,23). The summed E-state index contributed by atoms with van der Waals surface area (Å²) < 4.78 is 0.725. The van der Waals surface area contributed by atoms with Gasteiger partial charge in [-0.15, -0.1) is 11.6 Å². The summed E-state index contributed by atoms with van der Waals surface area (Å²) in [5.74, 6) is -0.913. The molecule has 1 fully saturated rings. The number of carbonyl (C=O) groups is 2. The van der Waals surface area contributed by atoms with Crippen LogP contribution in [0, 0.1) is 0 Å². The average molecular weight is 411 g/mol. The van der Waals surface area contributed by atoms with Gasteiger partial charge in [0.15, 0.2) is 0 Å². The number of hydrogen-bond donors (Lipinski definition) is 3. The van der Waals surface area contributed by atoms with E-state index in [0.29, 0.717) is 16.8 Å². The number of halogens is 2. The van der Waals surface area contributed by atoms with Crippen molar-refractivity contribution in [2.45, 2.75) is 11.4 Å². The lowest BCUT2D eigenvalue weighted by Crippen LogP contribution is -2.63. The number of anilines is 1. The fraction of sp³-hybridized carbons (Fsp3) is 0.125. The molecule has 1 aliphatic heterocycles. The van der Waals surface area contributed by atoms with Crippen molar-refractivity contribution in [2.75, 3.05) is 5.73 Å². The van der Waals surface area contributed by atoms with Crippen LogP contribution in [0.15, 0.2) is 46.9 Å². The van der Waals surface area contributed by atoms with Crippen molar-refractivity contribution in [3.8, 4) is 5.75 Å². The molecular weight excluding hydrogens is 398 g/mol. The molecule has 2 aromatic rings. The predicted octanol–water partition coefficient (Wildman–Crippen LogP) is 2.57. The Bertz CT molecular complexity index is 813. The van der Waals surface area contributed by atoms with E-state index in [9.17, 15) is 14.7 Å². The number of alkyl halides is 1. The highest BCUT2D eigenvalue weighted by Gasteiger charge is 2.49. The summed E-state index contributed by atoms with van der Waals surface area (Å²) in [6, 6.07) is 10.5. The van der Waals surface area contributed by atoms with Gasteiger partial charge in [-0.25, -0.2) is 5.01 Å². The second-order valence-electron chi connectivity index (χ2n) is 5.32. The number of nitrogens with zero attached hydrogens (tertiary/aromatic N) is 1. The molecule has 4 N–H and O–H groups in total. The molecule has 2 unspecified atom stereocenters. The van der Waals surface area contributed by atoms with E-state index in [4.69, 9.17) is 17.3 Å². The van der Waals surface area contributed by atoms with Gasteiger partial charge in [-0.05, 0) is 42.5 Å². The van der Waals surface area contributed by atoms with E-state index in [-0.39, 0.29) is 5.75 Å². The predicted molar refractivity (Wildman–Crippen MR) is 93.4 cm³/mol. The quantitative estimate of drug-likeness (QED) is 0.412. The van der Waals surface area contributed by atoms with E-state index < -0.39 is 23.2 Å². The summed E-state index contributed by atoms with van der Waals surface area (Å²) in [6.07, 6.45) is 0. The Hall–Kier alpha value is -2.25. The van der Waals surface area contributed by atoms with Gasteiger partial charge >= 0.3 is 0 Å². The van der Waals surface area contributed by atoms with Crippen LogP contribution in [0.4, 0.5) is 5.69 Å². The van der Waals surface area contributed by atoms with Crippen LogP contribution in [-0.2, 0) is 4.79 Å². The fourth-order valence-electron chi connectivity index (χ4n) is 2.45. The van der Waals surface area contributed by atoms with E-state index >= 15 is 0 Å². The number of aromatic hydroxyl groups is 1. The van der Waals surface area contributed by atoms with Gasteiger partial charge in [0.2, 0.25) is 0 Å². The van der Waals surface area contributed by atoms with E-state index in [1.165, 1.54) is 6.07 Å². The van der Waals surface area contributed by atoms with Crippen molar-refractivity contribution in [1.82, 2.24) is 10.4 Å². The van der Waals surface area contributed by atoms with Gasteiger partial charge in [0, 0.05) is 21.3 Å². The van der Waals surface area contributed by atoms with E-state index in [0.717, 1.165) is 9.48 Å². The Morgan fingerprint density at radius 1 is 1.25 bits per heavy atom. The van der Waals surface area contributed by atoms with Crippen LogP contribution >= 0.6 is 27.5 Å². The molecule has 0 aromatic heterocycles. The SMILES string of the molecule is Nc1ccc(C(=O)NN2C(=O)C(Cl)C2c2cc(Br)ccc2O)cc1. The number of nitrogens with one attached hydrogen (secondary N) is 1. The third kappa shape index (κ3) is 2.92. The maximum Gasteiger partial charge on any atom is 0.269 e. The van der Waals surface area contributed by atoms with Crippen LogP contribution in [0.3, 0.4) is 0 Å². The van der Waals surface area contributed by atoms with Crippen LogP contribution in [0.1, 0.15) is 22.0 Å². The van der Waals surface area contributed by atoms with Gasteiger partial charge in [-0.2, -0.15) is 0 Å². The lowest BCUT2D eigenvalue weighted by molar-refractivity contribution is -0.149. The molecule has 1 saturated heterocycles. The zero-order chi connectivity index (χ0) is 17.4. The summed E-state index contributed by atoms with van der Waals surface area (Å²) >= 11 is 9.39. The lowest BCUT2D eigenvalue weighted by atomic mass is 9.94. The number of amides is 2. The molecule has 2 atom stereocenters. The third-order valence-corrected chi connectivity index (χ3v) is 4.65. The molecule has 2 aromatic carbocycles. The van der Waals surface area contributed by atoms with Crippen LogP contribution < -0.4 is 11.2 Å². The summed E-state index contributed by atoms with van der Waals surface area (Å²) in [4.78, 5) is 24.3. The summed E-state index contributed by atoms with van der Waals surface area (Å²) in [5.41, 5.74) is 9.44. The van der Waals surface area contributed by atoms with Crippen LogP contribution in [0.25, 0.3) is 0 Å². The van der Waals surface area contributed by atoms with Gasteiger partial charge in [0.05, 0.1) is 0 Å². The maximum absolute atomic E-state index is 12.3. The molecule has 0 radical (unpaired) electrons. The second-order valence-corrected chi connectivity index (χ2v) is 6.71. The van der Waals surface area contributed by atoms with Crippen LogP contribution in [0.2, 0.25) is 0 Å². The highest BCUT2D eigenvalue weighted by atomic mass is 79.9. The number of phenolic OH excluding ortho intramolecular Hbond substituents is 1. The van der Waals surface area contributed by atoms with Crippen LogP contribution in [0.5, 0.6) is 5.75 Å². The van der Waals surface area contributed by atoms with Crippen molar-refractivity contribution in [3.63, 3.8) is 0 Å². The molecule has 3 rings (SSSR count). The van der Waals surface area contributed by atoms with Gasteiger partial charge in [0.25, 0.3) is 11.8 Å². The van der Waals surface area contributed by atoms with E-state index in [1.807, 2.05) is 0 Å². The highest BCUT2D eigenvalue weighted by molar-refractivity contribution is 9.10. The number of hydrazine groups is 1. The molecule has 2 amide bonds. The maximum atomic E-state index is 12.3. The number of nitrogens with two attached hydrogens (primary N) is 1. The number of hydrogen-bond acceptors (Lipinski definition) is 4. The number of rotatable bonds is 3. The summed E-state index contributed by atoms with van der Waals surface area (Å²) in [6.45, 7) is 0. The number of benzene rings is 2. The zero-order valence-corrected chi connectivity index (χ0v) is 14.6. The zero-order valence-electron chi connectivity index (χ0n) is 12.2. The molecule has 0 saturated carbocycles. The minimum Gasteiger partial charge on any atom is -0.508 e. The first-order valence-corrected chi connectivity index (χ1v) is 8.23. The first kappa shape index (κ1) is 16.6. The van der Waals surface area contributed by atoms with Crippen molar-refractivity contribution in [2.24, 2.45) is 0 Å². The van der Waals surface area contributed by atoms with Crippen molar-refractivity contribution in [1.29, 1.82) is 0 Å². The largest absolute Gasteiger partial charge is 0.508 e. The minimum atomic E-state index is -0.864. The Labute approximate surface area is 151 Å². The highest BCUT2D eigenvalue weighted by Crippen LogP contribution is 2.41. The molecule has 1 aliphatic rings. The van der Waals surface area contributed by atoms with Crippen LogP contribution in [-0.4, -0.2) is 27.3 Å². The Balaban J connectivity index is 1.83. The Morgan fingerprint density at radius 3 is 2.58 bits per heavy atom. The Morgan fingerprint density at radius 2 is 1.92 bits per heavy atom. The first-order valence-electron chi connectivity index (χ1n) is 7.00. The normalized spacial score (nSPS) is 19.8. The van der Waals surface area contributed by atoms with Crippen molar-refractivity contribution < 1.29 is 14.7 Å². The lowest BCUT2D eigenvalue weighted by Gasteiger charge is -2.44. The van der Waals surface area contributed by atoms with E-state index in [2.05, 4.69) is 21.4 Å². The molecule has 6 nitrogen and oxygen atoms in total. The monoisotopic (exact) mass is 409 g/mol. The fourth-order valence-corrected chi connectivity index (χ4v) is 3.18. The topological polar surface area (TPSA) is 95.7 Å². The van der Waals surface area contributed by atoms with Gasteiger partial charge in [-0.3, -0.25) is 15.0 Å². The second kappa shape index (κ2) is 6.33. The summed E-state index contributed by atoms with van der Waals surface area (Å²) in [5, 5.41) is 10.3. The molecule has 8 heteroatoms. The van der Waals surface area contributed by atoms with Crippen molar-refractivity contribution in [3.05, 3.63) is 58.1 Å². The van der Waals surface area contributed by atoms with Gasteiger partial charge in [-0.1, -0.05) is 15.9 Å². The number of carbonyl (C=O) groups excluding carboxylic acids is 2. The molecular formula is C16H13BrClN3O3. The summed E-state index contributed by atoms with van der Waals surface area (Å²) in [7, 11) is 0. The first-order chi connectivity index (χ1) is 11.4. The third-order valence-electron chi connectivity index (χ3n) is 3.73. The van der Waals surface area contributed by atoms with Gasteiger partial charge in [0.1, 0.15) is 17.2 Å². The minimum absolute atomic E-state index is 0.00640. The van der Waals surface area contributed by atoms with Gasteiger partial charge < -0.3 is 10.8 Å². The number of β-lactam (4-membered cyclic amide) rings is 1. The number of nitrogen functional groups attached to an aromatic ring is 1. The molecule has 1 heterocycles. The Kier molecular flexibility index (Phi) is 4.38. The molecule has 124 valence electrons. The molecule has 0 aliphatic carbocycles. The molecule has 0 spiro atoms. The van der Waals surface area contributed by atoms with Crippen molar-refractivity contribution >= 4 is 45.0 Å². The number of phenols is 1. The molecule has 0 bridgehead atoms. The smallest absolute Gasteiger partial charge is 0.269 e. The molecule has 24 heavy (non-hydrogen) atoms. The average Bonchev–Trinajstić information content (AvgIpc) is 2.57. The van der Waals surface area contributed by atoms with E-state index in [1.54, 1.807) is 36.4 Å².